The molecule has 0 bridgehead atoms. The molecule has 1 aromatic carbocycles. The maximum atomic E-state index is 13.2. The summed E-state index contributed by atoms with van der Waals surface area (Å²) >= 11 is 5.58. The molecule has 0 aliphatic heterocycles. The number of methoxy groups -OCH3 is 2. The predicted molar refractivity (Wildman–Crippen MR) is 99.8 cm³/mol. The van der Waals surface area contributed by atoms with Gasteiger partial charge in [-0.25, -0.2) is 0 Å². The number of ether oxygens (including phenoxy) is 3. The van der Waals surface area contributed by atoms with Crippen molar-refractivity contribution in [2.24, 2.45) is 0 Å². The molecule has 0 radical (unpaired) electrons. The number of carbonyl (C=O) groups excluding carboxylic acids is 2. The number of esters is 1. The number of benzene rings is 1. The summed E-state index contributed by atoms with van der Waals surface area (Å²) in [6, 6.07) is 5.35. The van der Waals surface area contributed by atoms with Crippen molar-refractivity contribution in [1.29, 1.82) is 0 Å². The standard InChI is InChI=1S/C20H23ClO5/c1-11-12(2)19(23)20(4,13(3)18(11)26-17(22)10-21)14-7-8-15(24-5)16(9-14)25-6/h7-9H,10H2,1-6H3. The number of hydrogen-bond donors (Lipinski definition) is 0. The van der Waals surface area contributed by atoms with Gasteiger partial charge in [-0.15, -0.1) is 11.6 Å². The lowest BCUT2D eigenvalue weighted by molar-refractivity contribution is -0.136. The Labute approximate surface area is 158 Å². The summed E-state index contributed by atoms with van der Waals surface area (Å²) in [6.07, 6.45) is 0. The summed E-state index contributed by atoms with van der Waals surface area (Å²) in [7, 11) is 3.09. The lowest BCUT2D eigenvalue weighted by atomic mass is 9.67. The zero-order chi connectivity index (χ0) is 19.6. The van der Waals surface area contributed by atoms with E-state index in [1.807, 2.05) is 13.0 Å². The van der Waals surface area contributed by atoms with Crippen molar-refractivity contribution in [2.75, 3.05) is 20.1 Å². The lowest BCUT2D eigenvalue weighted by Crippen LogP contribution is -2.39. The summed E-state index contributed by atoms with van der Waals surface area (Å²) in [4.78, 5) is 25.0. The normalized spacial score (nSPS) is 20.3. The second-order valence-corrected chi connectivity index (χ2v) is 6.60. The van der Waals surface area contributed by atoms with Crippen LogP contribution in [-0.2, 0) is 19.7 Å². The second-order valence-electron chi connectivity index (χ2n) is 6.34. The molecule has 0 N–H and O–H groups in total. The highest BCUT2D eigenvalue weighted by Crippen LogP contribution is 2.45. The molecule has 0 fully saturated rings. The van der Waals surface area contributed by atoms with Gasteiger partial charge in [0.25, 0.3) is 0 Å². The number of carbonyl (C=O) groups is 2. The molecule has 0 spiro atoms. The summed E-state index contributed by atoms with van der Waals surface area (Å²) in [5.74, 6) is 0.619. The zero-order valence-electron chi connectivity index (χ0n) is 15.9. The van der Waals surface area contributed by atoms with Gasteiger partial charge < -0.3 is 14.2 Å². The summed E-state index contributed by atoms with van der Waals surface area (Å²) < 4.78 is 16.1. The van der Waals surface area contributed by atoms with Crippen molar-refractivity contribution in [2.45, 2.75) is 33.1 Å². The van der Waals surface area contributed by atoms with Crippen LogP contribution < -0.4 is 9.47 Å². The summed E-state index contributed by atoms with van der Waals surface area (Å²) in [6.45, 7) is 7.11. The first-order valence-corrected chi connectivity index (χ1v) is 8.68. The predicted octanol–water partition coefficient (Wildman–Crippen LogP) is 3.94. The highest BCUT2D eigenvalue weighted by Gasteiger charge is 2.44. The van der Waals surface area contributed by atoms with Gasteiger partial charge in [0.05, 0.1) is 19.6 Å². The molecule has 1 aliphatic carbocycles. The molecule has 2 rings (SSSR count). The van der Waals surface area contributed by atoms with Crippen LogP contribution in [0, 0.1) is 0 Å². The average Bonchev–Trinajstić information content (AvgIpc) is 2.67. The van der Waals surface area contributed by atoms with Crippen LogP contribution in [0.15, 0.2) is 40.7 Å². The van der Waals surface area contributed by atoms with Gasteiger partial charge in [-0.05, 0) is 62.1 Å². The summed E-state index contributed by atoms with van der Waals surface area (Å²) in [5.41, 5.74) is 1.57. The minimum absolute atomic E-state index is 0.0506. The molecule has 0 aromatic heterocycles. The molecule has 0 amide bonds. The van der Waals surface area contributed by atoms with Gasteiger partial charge in [-0.3, -0.25) is 9.59 Å². The Hall–Kier alpha value is -2.27. The molecule has 1 unspecified atom stereocenters. The van der Waals surface area contributed by atoms with Crippen molar-refractivity contribution in [1.82, 2.24) is 0 Å². The van der Waals surface area contributed by atoms with Crippen LogP contribution in [0.3, 0.4) is 0 Å². The van der Waals surface area contributed by atoms with Crippen LogP contribution >= 0.6 is 11.6 Å². The van der Waals surface area contributed by atoms with Crippen LogP contribution in [0.2, 0.25) is 0 Å². The van der Waals surface area contributed by atoms with E-state index in [-0.39, 0.29) is 11.7 Å². The first-order chi connectivity index (χ1) is 12.2. The maximum absolute atomic E-state index is 13.2. The van der Waals surface area contributed by atoms with Crippen LogP contribution in [0.25, 0.3) is 0 Å². The van der Waals surface area contributed by atoms with E-state index in [0.29, 0.717) is 34.0 Å². The Morgan fingerprint density at radius 1 is 1.08 bits per heavy atom. The summed E-state index contributed by atoms with van der Waals surface area (Å²) in [5, 5.41) is 0. The number of Topliss-reactive ketones (excluding diaryl/α,β-unsaturated/α-hetero) is 1. The first-order valence-electron chi connectivity index (χ1n) is 8.15. The average molecular weight is 379 g/mol. The smallest absolute Gasteiger partial charge is 0.326 e. The van der Waals surface area contributed by atoms with Gasteiger partial charge in [-0.1, -0.05) is 6.07 Å². The zero-order valence-corrected chi connectivity index (χ0v) is 16.6. The van der Waals surface area contributed by atoms with Crippen molar-refractivity contribution in [3.8, 4) is 11.5 Å². The topological polar surface area (TPSA) is 61.8 Å². The number of ketones is 1. The van der Waals surface area contributed by atoms with E-state index in [0.717, 1.165) is 5.56 Å². The van der Waals surface area contributed by atoms with Gasteiger partial charge in [0.1, 0.15) is 11.6 Å². The van der Waals surface area contributed by atoms with E-state index in [1.54, 1.807) is 47.1 Å². The third-order valence-corrected chi connectivity index (χ3v) is 5.29. The molecule has 5 nitrogen and oxygen atoms in total. The van der Waals surface area contributed by atoms with Gasteiger partial charge in [0.2, 0.25) is 0 Å². The van der Waals surface area contributed by atoms with E-state index in [2.05, 4.69) is 0 Å². The third kappa shape index (κ3) is 3.12. The minimum atomic E-state index is -0.995. The van der Waals surface area contributed by atoms with E-state index in [9.17, 15) is 9.59 Å². The number of halogens is 1. The molecule has 6 heteroatoms. The SMILES string of the molecule is COc1ccc(C2(C)C(=O)C(C)=C(C)C(OC(=O)CCl)=C2C)cc1OC. The fraction of sp³-hybridized carbons (Fsp3) is 0.400. The van der Waals surface area contributed by atoms with Crippen LogP contribution in [-0.4, -0.2) is 31.9 Å². The first kappa shape index (κ1) is 20.0. The molecular formula is C20H23ClO5. The van der Waals surface area contributed by atoms with Gasteiger partial charge >= 0.3 is 5.97 Å². The van der Waals surface area contributed by atoms with Crippen molar-refractivity contribution >= 4 is 23.4 Å². The quantitative estimate of drug-likeness (QED) is 0.573. The lowest BCUT2D eigenvalue weighted by Gasteiger charge is -2.36. The van der Waals surface area contributed by atoms with E-state index in [1.165, 1.54) is 0 Å². The van der Waals surface area contributed by atoms with Crippen LogP contribution in [0.1, 0.15) is 33.3 Å². The number of allylic oxidation sites excluding steroid dienone is 3. The largest absolute Gasteiger partial charge is 0.493 e. The number of alkyl halides is 1. The van der Waals surface area contributed by atoms with Crippen molar-refractivity contribution in [3.63, 3.8) is 0 Å². The molecule has 0 heterocycles. The number of rotatable bonds is 5. The van der Waals surface area contributed by atoms with Crippen molar-refractivity contribution < 1.29 is 23.8 Å². The highest BCUT2D eigenvalue weighted by molar-refractivity contribution is 6.26. The van der Waals surface area contributed by atoms with Crippen LogP contribution in [0.5, 0.6) is 11.5 Å². The molecule has 1 aliphatic rings. The van der Waals surface area contributed by atoms with Crippen LogP contribution in [0.4, 0.5) is 0 Å². The second kappa shape index (κ2) is 7.54. The molecular weight excluding hydrogens is 356 g/mol. The van der Waals surface area contributed by atoms with Gasteiger partial charge in [0, 0.05) is 0 Å². The van der Waals surface area contributed by atoms with E-state index >= 15 is 0 Å². The van der Waals surface area contributed by atoms with Gasteiger partial charge in [-0.2, -0.15) is 0 Å². The van der Waals surface area contributed by atoms with Crippen molar-refractivity contribution in [3.05, 3.63) is 46.2 Å². The molecule has 0 saturated heterocycles. The van der Waals surface area contributed by atoms with Gasteiger partial charge in [0.15, 0.2) is 17.3 Å². The highest BCUT2D eigenvalue weighted by atomic mass is 35.5. The van der Waals surface area contributed by atoms with E-state index in [4.69, 9.17) is 25.8 Å². The Morgan fingerprint density at radius 3 is 2.23 bits per heavy atom. The fourth-order valence-electron chi connectivity index (χ4n) is 3.18. The Balaban J connectivity index is 2.69. The minimum Gasteiger partial charge on any atom is -0.493 e. The molecule has 1 atom stereocenters. The Bertz CT molecular complexity index is 821. The molecule has 26 heavy (non-hydrogen) atoms. The maximum Gasteiger partial charge on any atom is 0.326 e. The fourth-order valence-corrected chi connectivity index (χ4v) is 3.24. The number of hydrogen-bond acceptors (Lipinski definition) is 5. The Morgan fingerprint density at radius 2 is 1.69 bits per heavy atom. The molecule has 0 saturated carbocycles. The Kier molecular flexibility index (Phi) is 5.81. The molecule has 1 aromatic rings. The third-order valence-electron chi connectivity index (χ3n) is 5.07. The monoisotopic (exact) mass is 378 g/mol. The molecule has 140 valence electrons. The van der Waals surface area contributed by atoms with E-state index < -0.39 is 11.4 Å².